The molecular weight excluding hydrogens is 505 g/mol. The van der Waals surface area contributed by atoms with E-state index in [1.807, 2.05) is 0 Å². The molecule has 0 saturated carbocycles. The summed E-state index contributed by atoms with van der Waals surface area (Å²) in [5.41, 5.74) is -0.349. The Hall–Kier alpha value is -2.39. The lowest BCUT2D eigenvalue weighted by atomic mass is 9.89. The number of rotatable bonds is 3. The highest BCUT2D eigenvalue weighted by molar-refractivity contribution is 6.21. The molecule has 1 radical (unpaired) electrons. The van der Waals surface area contributed by atoms with E-state index >= 15 is 0 Å². The standard InChI is InChI=1S/C13H13F3.C7H5BF3O2.C6H9Cl/c14-13(15,16)12-8-6-11(7-9-12)10-4-2-1-3-5-10;9-7(10,11)5-1-3-6(4-2-5)13-8-12;7-6-4-2-1-3-5-6/h2,4,6-10H,1,3,5H2;1-4,12H;2,4,6H,1,3,5H2/t10-;;/m1../s1. The SMILES string of the molecule is ClC1C=CCCC1.FC(F)(F)c1ccc([C@@H]2C=CCCC2)cc1.O[B]Oc1ccc(C(F)(F)F)cc1. The first kappa shape index (κ1) is 29.8. The van der Waals surface area contributed by atoms with Gasteiger partial charge in [0.05, 0.1) is 16.5 Å². The van der Waals surface area contributed by atoms with E-state index in [9.17, 15) is 26.3 Å². The summed E-state index contributed by atoms with van der Waals surface area (Å²) in [4.78, 5) is 0. The van der Waals surface area contributed by atoms with Crippen LogP contribution in [0.4, 0.5) is 26.3 Å². The van der Waals surface area contributed by atoms with Gasteiger partial charge >= 0.3 is 20.0 Å². The van der Waals surface area contributed by atoms with Crippen LogP contribution in [0.1, 0.15) is 61.1 Å². The molecular formula is C26H27BClF6O2. The van der Waals surface area contributed by atoms with Gasteiger partial charge in [0.15, 0.2) is 0 Å². The summed E-state index contributed by atoms with van der Waals surface area (Å²) in [5.74, 6) is 0.437. The molecule has 0 bridgehead atoms. The van der Waals surface area contributed by atoms with Crippen molar-refractivity contribution in [1.29, 1.82) is 0 Å². The highest BCUT2D eigenvalue weighted by atomic mass is 35.5. The molecule has 0 spiro atoms. The Balaban J connectivity index is 0.000000204. The van der Waals surface area contributed by atoms with Crippen molar-refractivity contribution in [2.24, 2.45) is 0 Å². The number of alkyl halides is 7. The van der Waals surface area contributed by atoms with Crippen LogP contribution in [-0.2, 0) is 12.4 Å². The summed E-state index contributed by atoms with van der Waals surface area (Å²) in [6, 6.07) is 9.49. The Morgan fingerprint density at radius 1 is 0.750 bits per heavy atom. The molecule has 195 valence electrons. The van der Waals surface area contributed by atoms with Gasteiger partial charge in [0.25, 0.3) is 0 Å². The van der Waals surface area contributed by atoms with Gasteiger partial charge in [-0.3, -0.25) is 0 Å². The molecule has 10 heteroatoms. The van der Waals surface area contributed by atoms with E-state index in [4.69, 9.17) is 16.6 Å². The summed E-state index contributed by atoms with van der Waals surface area (Å²) in [6.07, 6.45) is 6.72. The monoisotopic (exact) mass is 531 g/mol. The minimum atomic E-state index is -4.35. The normalized spacial score (nSPS) is 19.3. The minimum Gasteiger partial charge on any atom is -0.537 e. The second kappa shape index (κ2) is 14.4. The third-order valence-electron chi connectivity index (χ3n) is 5.49. The lowest BCUT2D eigenvalue weighted by Gasteiger charge is -2.17. The van der Waals surface area contributed by atoms with Crippen LogP contribution in [0, 0.1) is 0 Å². The van der Waals surface area contributed by atoms with Crippen LogP contribution >= 0.6 is 11.6 Å². The van der Waals surface area contributed by atoms with Crippen LogP contribution in [0.5, 0.6) is 5.75 Å². The van der Waals surface area contributed by atoms with Crippen LogP contribution in [0.2, 0.25) is 0 Å². The predicted molar refractivity (Wildman–Crippen MR) is 130 cm³/mol. The zero-order chi connectivity index (χ0) is 26.6. The zero-order valence-corrected chi connectivity index (χ0v) is 20.2. The highest BCUT2D eigenvalue weighted by Gasteiger charge is 2.30. The van der Waals surface area contributed by atoms with Crippen LogP contribution in [0.25, 0.3) is 0 Å². The third-order valence-corrected chi connectivity index (χ3v) is 5.85. The van der Waals surface area contributed by atoms with E-state index in [2.05, 4.69) is 29.0 Å². The van der Waals surface area contributed by atoms with Crippen LogP contribution in [0.3, 0.4) is 0 Å². The maximum absolute atomic E-state index is 12.3. The fraction of sp³-hybridized carbons (Fsp3) is 0.385. The van der Waals surface area contributed by atoms with Crippen molar-refractivity contribution in [2.75, 3.05) is 0 Å². The van der Waals surface area contributed by atoms with Gasteiger partial charge in [-0.15, -0.1) is 11.6 Å². The number of hydrogen-bond donors (Lipinski definition) is 1. The quantitative estimate of drug-likeness (QED) is 0.186. The summed E-state index contributed by atoms with van der Waals surface area (Å²) in [5, 5.41) is 8.51. The van der Waals surface area contributed by atoms with E-state index in [0.29, 0.717) is 13.1 Å². The Morgan fingerprint density at radius 2 is 1.25 bits per heavy atom. The topological polar surface area (TPSA) is 29.5 Å². The van der Waals surface area contributed by atoms with Gasteiger partial charge in [0, 0.05) is 5.92 Å². The van der Waals surface area contributed by atoms with Gasteiger partial charge < -0.3 is 9.68 Å². The zero-order valence-electron chi connectivity index (χ0n) is 19.4. The fourth-order valence-electron chi connectivity index (χ4n) is 3.56. The van der Waals surface area contributed by atoms with Crippen LogP contribution < -0.4 is 4.65 Å². The maximum atomic E-state index is 12.3. The molecule has 2 aromatic carbocycles. The lowest BCUT2D eigenvalue weighted by molar-refractivity contribution is -0.138. The van der Waals surface area contributed by atoms with E-state index < -0.39 is 23.5 Å². The average Bonchev–Trinajstić information content (AvgIpc) is 2.85. The van der Waals surface area contributed by atoms with Crippen molar-refractivity contribution in [3.63, 3.8) is 0 Å². The second-order valence-corrected chi connectivity index (χ2v) is 8.77. The molecule has 0 aromatic heterocycles. The van der Waals surface area contributed by atoms with Gasteiger partial charge in [-0.1, -0.05) is 36.4 Å². The first-order valence-electron chi connectivity index (χ1n) is 11.4. The molecule has 2 aromatic rings. The van der Waals surface area contributed by atoms with Crippen molar-refractivity contribution < 1.29 is 36.0 Å². The van der Waals surface area contributed by atoms with Crippen molar-refractivity contribution in [1.82, 2.24) is 0 Å². The van der Waals surface area contributed by atoms with Crippen molar-refractivity contribution >= 4 is 19.3 Å². The molecule has 2 aliphatic rings. The molecule has 1 N–H and O–H groups in total. The first-order chi connectivity index (χ1) is 17.0. The molecule has 0 heterocycles. The number of hydrogen-bond acceptors (Lipinski definition) is 2. The van der Waals surface area contributed by atoms with Crippen molar-refractivity contribution in [3.8, 4) is 5.75 Å². The average molecular weight is 532 g/mol. The van der Waals surface area contributed by atoms with Gasteiger partial charge in [-0.25, -0.2) is 0 Å². The third kappa shape index (κ3) is 10.7. The highest BCUT2D eigenvalue weighted by Crippen LogP contribution is 2.33. The molecule has 2 atom stereocenters. The van der Waals surface area contributed by atoms with Crippen molar-refractivity contribution in [3.05, 3.63) is 89.5 Å². The number of allylic oxidation sites excluding steroid dienone is 4. The van der Waals surface area contributed by atoms with Crippen LogP contribution in [-0.4, -0.2) is 18.1 Å². The molecule has 0 fully saturated rings. The van der Waals surface area contributed by atoms with Gasteiger partial charge in [-0.2, -0.15) is 26.3 Å². The van der Waals surface area contributed by atoms with Crippen molar-refractivity contribution in [2.45, 2.75) is 62.2 Å². The largest absolute Gasteiger partial charge is 0.569 e. The van der Waals surface area contributed by atoms with E-state index in [0.717, 1.165) is 67.6 Å². The molecule has 0 amide bonds. The Kier molecular flexibility index (Phi) is 11.9. The molecule has 2 nitrogen and oxygen atoms in total. The first-order valence-corrected chi connectivity index (χ1v) is 11.9. The summed E-state index contributed by atoms with van der Waals surface area (Å²) < 4.78 is 77.5. The molecule has 1 unspecified atom stereocenters. The molecule has 0 saturated heterocycles. The Labute approximate surface area is 212 Å². The number of halogens is 7. The predicted octanol–water partition coefficient (Wildman–Crippen LogP) is 8.47. The second-order valence-electron chi connectivity index (χ2n) is 8.21. The minimum absolute atomic E-state index is 0.149. The molecule has 0 aliphatic heterocycles. The molecule has 2 aliphatic carbocycles. The maximum Gasteiger partial charge on any atom is 0.569 e. The van der Waals surface area contributed by atoms with Gasteiger partial charge in [-0.05, 0) is 80.5 Å². The lowest BCUT2D eigenvalue weighted by Crippen LogP contribution is -2.05. The fourth-order valence-corrected chi connectivity index (χ4v) is 3.82. The molecule has 36 heavy (non-hydrogen) atoms. The van der Waals surface area contributed by atoms with Gasteiger partial charge in [0.1, 0.15) is 5.75 Å². The Morgan fingerprint density at radius 3 is 1.61 bits per heavy atom. The van der Waals surface area contributed by atoms with E-state index in [1.165, 1.54) is 12.8 Å². The van der Waals surface area contributed by atoms with Crippen LogP contribution in [0.15, 0.2) is 72.8 Å². The van der Waals surface area contributed by atoms with E-state index in [-0.39, 0.29) is 11.7 Å². The summed E-state index contributed by atoms with van der Waals surface area (Å²) >= 11 is 5.73. The van der Waals surface area contributed by atoms with E-state index in [1.54, 1.807) is 12.1 Å². The molecule has 4 rings (SSSR count). The Bertz CT molecular complexity index is 956. The smallest absolute Gasteiger partial charge is 0.537 e. The summed E-state index contributed by atoms with van der Waals surface area (Å²) in [7, 11) is 0.405. The van der Waals surface area contributed by atoms with Gasteiger partial charge in [0.2, 0.25) is 0 Å². The summed E-state index contributed by atoms with van der Waals surface area (Å²) in [6.45, 7) is 0. The number of benzene rings is 2.